The molecule has 162 valence electrons. The number of carbonyl (C=O) groups excluding carboxylic acids is 2. The van der Waals surface area contributed by atoms with E-state index in [1.54, 1.807) is 51.1 Å². The summed E-state index contributed by atoms with van der Waals surface area (Å²) in [7, 11) is -2.23. The van der Waals surface area contributed by atoms with Crippen LogP contribution in [0.1, 0.15) is 36.7 Å². The Labute approximate surface area is 177 Å². The number of sulfonamides is 1. The number of carbonyl (C=O) groups is 2. The Bertz CT molecular complexity index is 1050. The summed E-state index contributed by atoms with van der Waals surface area (Å²) >= 11 is 0. The number of methoxy groups -OCH3 is 1. The van der Waals surface area contributed by atoms with Gasteiger partial charge in [0.25, 0.3) is 5.91 Å². The van der Waals surface area contributed by atoms with Gasteiger partial charge in [-0.15, -0.1) is 0 Å². The van der Waals surface area contributed by atoms with Crippen molar-refractivity contribution < 1.29 is 22.7 Å². The quantitative estimate of drug-likeness (QED) is 0.665. The lowest BCUT2D eigenvalue weighted by molar-refractivity contribution is -0.114. The van der Waals surface area contributed by atoms with Crippen LogP contribution < -0.4 is 15.4 Å². The van der Waals surface area contributed by atoms with Crippen LogP contribution in [0.15, 0.2) is 41.3 Å². The van der Waals surface area contributed by atoms with Crippen molar-refractivity contribution in [2.75, 3.05) is 30.8 Å². The van der Waals surface area contributed by atoms with Crippen LogP contribution in [0.3, 0.4) is 0 Å². The molecule has 9 heteroatoms. The van der Waals surface area contributed by atoms with Gasteiger partial charge >= 0.3 is 0 Å². The topological polar surface area (TPSA) is 105 Å². The average molecular weight is 434 g/mol. The van der Waals surface area contributed by atoms with Crippen molar-refractivity contribution in [1.82, 2.24) is 4.31 Å². The van der Waals surface area contributed by atoms with E-state index in [0.717, 1.165) is 0 Å². The van der Waals surface area contributed by atoms with Gasteiger partial charge in [0.2, 0.25) is 15.9 Å². The fourth-order valence-electron chi connectivity index (χ4n) is 2.97. The van der Waals surface area contributed by atoms with Crippen LogP contribution in [0.4, 0.5) is 11.4 Å². The zero-order valence-electron chi connectivity index (χ0n) is 17.8. The van der Waals surface area contributed by atoms with E-state index in [0.29, 0.717) is 35.8 Å². The number of benzene rings is 2. The van der Waals surface area contributed by atoms with E-state index in [4.69, 9.17) is 4.74 Å². The van der Waals surface area contributed by atoms with Gasteiger partial charge in [-0.05, 0) is 36.8 Å². The summed E-state index contributed by atoms with van der Waals surface area (Å²) in [6.07, 6.45) is 0. The minimum absolute atomic E-state index is 0.0894. The molecule has 0 heterocycles. The number of hydrogen-bond acceptors (Lipinski definition) is 5. The van der Waals surface area contributed by atoms with Crippen molar-refractivity contribution in [3.63, 3.8) is 0 Å². The minimum Gasteiger partial charge on any atom is -0.497 e. The Morgan fingerprint density at radius 3 is 2.23 bits per heavy atom. The van der Waals surface area contributed by atoms with E-state index in [9.17, 15) is 18.0 Å². The lowest BCUT2D eigenvalue weighted by atomic mass is 10.1. The SMILES string of the molecule is CCN(CC)S(=O)(=O)c1cc(C(=O)Nc2cc(OC)ccc2NC(C)=O)ccc1C. The van der Waals surface area contributed by atoms with Crippen LogP contribution in [0, 0.1) is 6.92 Å². The summed E-state index contributed by atoms with van der Waals surface area (Å²) in [4.78, 5) is 24.4. The molecule has 0 atom stereocenters. The predicted octanol–water partition coefficient (Wildman–Crippen LogP) is 3.24. The molecule has 8 nitrogen and oxygen atoms in total. The first-order valence-electron chi connectivity index (χ1n) is 9.51. The van der Waals surface area contributed by atoms with E-state index >= 15 is 0 Å². The molecule has 0 fully saturated rings. The zero-order chi connectivity index (χ0) is 22.5. The first kappa shape index (κ1) is 23.4. The molecule has 0 spiro atoms. The Morgan fingerprint density at radius 1 is 1.00 bits per heavy atom. The van der Waals surface area contributed by atoms with E-state index in [1.807, 2.05) is 0 Å². The normalized spacial score (nSPS) is 11.3. The highest BCUT2D eigenvalue weighted by Gasteiger charge is 2.25. The predicted molar refractivity (Wildman–Crippen MR) is 117 cm³/mol. The molecular formula is C21H27N3O5S. The number of ether oxygens (including phenoxy) is 1. The molecule has 2 amide bonds. The molecular weight excluding hydrogens is 406 g/mol. The van der Waals surface area contributed by atoms with Crippen molar-refractivity contribution in [3.05, 3.63) is 47.5 Å². The highest BCUT2D eigenvalue weighted by atomic mass is 32.2. The summed E-state index contributed by atoms with van der Waals surface area (Å²) in [6.45, 7) is 7.24. The Kier molecular flexibility index (Phi) is 7.58. The molecule has 0 saturated carbocycles. The maximum Gasteiger partial charge on any atom is 0.255 e. The molecule has 2 rings (SSSR count). The molecule has 2 aromatic rings. The monoisotopic (exact) mass is 433 g/mol. The maximum atomic E-state index is 12.9. The summed E-state index contributed by atoms with van der Waals surface area (Å²) in [5.74, 6) is -0.308. The highest BCUT2D eigenvalue weighted by Crippen LogP contribution is 2.28. The largest absolute Gasteiger partial charge is 0.497 e. The van der Waals surface area contributed by atoms with Crippen LogP contribution in [0.2, 0.25) is 0 Å². The lowest BCUT2D eigenvalue weighted by Crippen LogP contribution is -2.31. The highest BCUT2D eigenvalue weighted by molar-refractivity contribution is 7.89. The van der Waals surface area contributed by atoms with E-state index in [-0.39, 0.29) is 16.4 Å². The van der Waals surface area contributed by atoms with Crippen LogP contribution in [0.25, 0.3) is 0 Å². The number of rotatable bonds is 8. The van der Waals surface area contributed by atoms with Crippen molar-refractivity contribution in [3.8, 4) is 5.75 Å². The third kappa shape index (κ3) is 5.17. The molecule has 0 aliphatic heterocycles. The standard InChI is InChI=1S/C21H27N3O5S/c1-6-24(7-2)30(27,28)20-12-16(9-8-14(20)3)21(26)23-19-13-17(29-5)10-11-18(19)22-15(4)25/h8-13H,6-7H2,1-5H3,(H,22,25)(H,23,26). The Balaban J connectivity index is 2.43. The van der Waals surface area contributed by atoms with Crippen LogP contribution in [-0.4, -0.2) is 44.7 Å². The molecule has 0 aliphatic carbocycles. The van der Waals surface area contributed by atoms with Gasteiger partial charge in [0.05, 0.1) is 23.4 Å². The van der Waals surface area contributed by atoms with Gasteiger partial charge in [0.15, 0.2) is 0 Å². The summed E-state index contributed by atoms with van der Waals surface area (Å²) < 4.78 is 32.4. The van der Waals surface area contributed by atoms with Crippen LogP contribution in [-0.2, 0) is 14.8 Å². The maximum absolute atomic E-state index is 12.9. The second-order valence-electron chi connectivity index (χ2n) is 6.62. The van der Waals surface area contributed by atoms with Crippen LogP contribution in [0.5, 0.6) is 5.75 Å². The van der Waals surface area contributed by atoms with Crippen LogP contribution >= 0.6 is 0 Å². The third-order valence-electron chi connectivity index (χ3n) is 4.56. The number of anilines is 2. The Hall–Kier alpha value is -2.91. The minimum atomic E-state index is -3.72. The number of nitrogens with one attached hydrogen (secondary N) is 2. The molecule has 0 bridgehead atoms. The molecule has 0 aliphatic rings. The Morgan fingerprint density at radius 2 is 1.67 bits per heavy atom. The van der Waals surface area contributed by atoms with Gasteiger partial charge < -0.3 is 15.4 Å². The van der Waals surface area contributed by atoms with Crippen molar-refractivity contribution in [1.29, 1.82) is 0 Å². The second kappa shape index (κ2) is 9.73. The molecule has 0 aromatic heterocycles. The summed E-state index contributed by atoms with van der Waals surface area (Å²) in [5.41, 5.74) is 1.48. The first-order valence-corrected chi connectivity index (χ1v) is 11.0. The van der Waals surface area contributed by atoms with Crippen molar-refractivity contribution in [2.24, 2.45) is 0 Å². The lowest BCUT2D eigenvalue weighted by Gasteiger charge is -2.20. The molecule has 2 aromatic carbocycles. The van der Waals surface area contributed by atoms with Gasteiger partial charge in [0, 0.05) is 31.6 Å². The summed E-state index contributed by atoms with van der Waals surface area (Å²) in [6, 6.07) is 9.38. The van der Waals surface area contributed by atoms with E-state index in [1.165, 1.54) is 24.4 Å². The van der Waals surface area contributed by atoms with Crippen molar-refractivity contribution in [2.45, 2.75) is 32.6 Å². The van der Waals surface area contributed by atoms with E-state index in [2.05, 4.69) is 10.6 Å². The second-order valence-corrected chi connectivity index (χ2v) is 8.52. The number of amides is 2. The number of aryl methyl sites for hydroxylation is 1. The molecule has 30 heavy (non-hydrogen) atoms. The number of nitrogens with zero attached hydrogens (tertiary/aromatic N) is 1. The fraction of sp³-hybridized carbons (Fsp3) is 0.333. The van der Waals surface area contributed by atoms with Gasteiger partial charge in [-0.3, -0.25) is 9.59 Å². The van der Waals surface area contributed by atoms with Gasteiger partial charge in [-0.25, -0.2) is 8.42 Å². The smallest absolute Gasteiger partial charge is 0.255 e. The third-order valence-corrected chi connectivity index (χ3v) is 6.75. The molecule has 0 unspecified atom stereocenters. The van der Waals surface area contributed by atoms with Crippen molar-refractivity contribution >= 4 is 33.2 Å². The molecule has 0 saturated heterocycles. The fourth-order valence-corrected chi connectivity index (χ4v) is 4.68. The first-order chi connectivity index (χ1) is 14.1. The summed E-state index contributed by atoms with van der Waals surface area (Å²) in [5, 5.41) is 5.36. The molecule has 0 radical (unpaired) electrons. The van der Waals surface area contributed by atoms with Gasteiger partial charge in [-0.1, -0.05) is 19.9 Å². The van der Waals surface area contributed by atoms with Gasteiger partial charge in [-0.2, -0.15) is 4.31 Å². The zero-order valence-corrected chi connectivity index (χ0v) is 18.6. The average Bonchev–Trinajstić information content (AvgIpc) is 2.69. The molecule has 2 N–H and O–H groups in total. The van der Waals surface area contributed by atoms with E-state index < -0.39 is 15.9 Å². The number of hydrogen-bond donors (Lipinski definition) is 2. The van der Waals surface area contributed by atoms with Gasteiger partial charge in [0.1, 0.15) is 5.75 Å².